The van der Waals surface area contributed by atoms with Crippen LogP contribution in [0.3, 0.4) is 0 Å². The van der Waals surface area contributed by atoms with Crippen LogP contribution >= 0.6 is 15.9 Å². The van der Waals surface area contributed by atoms with Crippen molar-refractivity contribution in [1.82, 2.24) is 4.57 Å². The number of nitriles is 1. The first-order chi connectivity index (χ1) is 10.2. The fraction of sp³-hybridized carbons (Fsp3) is 0.176. The van der Waals surface area contributed by atoms with Gasteiger partial charge in [0.05, 0.1) is 11.6 Å². The molecular formula is C17H13BrN2O. The molecule has 104 valence electrons. The van der Waals surface area contributed by atoms with Crippen LogP contribution < -0.4 is 5.56 Å². The molecule has 0 aliphatic heterocycles. The molecule has 0 saturated heterocycles. The lowest BCUT2D eigenvalue weighted by Crippen LogP contribution is -2.21. The Morgan fingerprint density at radius 1 is 1.10 bits per heavy atom. The lowest BCUT2D eigenvalue weighted by atomic mass is 10.1. The molecule has 0 N–H and O–H groups in total. The van der Waals surface area contributed by atoms with Crippen molar-refractivity contribution in [1.29, 1.82) is 5.26 Å². The highest BCUT2D eigenvalue weighted by atomic mass is 79.9. The molecule has 0 atom stereocenters. The van der Waals surface area contributed by atoms with Crippen molar-refractivity contribution in [2.24, 2.45) is 0 Å². The molecule has 0 unspecified atom stereocenters. The van der Waals surface area contributed by atoms with E-state index in [1.807, 2.05) is 42.5 Å². The number of aryl methyl sites for hydroxylation is 1. The third-order valence-corrected chi connectivity index (χ3v) is 4.11. The lowest BCUT2D eigenvalue weighted by molar-refractivity contribution is 0.657. The monoisotopic (exact) mass is 340 g/mol. The number of nitrogens with zero attached hydrogens (tertiary/aromatic N) is 2. The molecule has 0 spiro atoms. The minimum atomic E-state index is 0.0124. The largest absolute Gasteiger partial charge is 0.308 e. The third kappa shape index (κ3) is 2.45. The minimum Gasteiger partial charge on any atom is -0.308 e. The average molecular weight is 341 g/mol. The van der Waals surface area contributed by atoms with Crippen LogP contribution in [-0.2, 0) is 6.54 Å². The number of fused-ring (bicyclic) bond motifs is 3. The van der Waals surface area contributed by atoms with Gasteiger partial charge in [0.1, 0.15) is 0 Å². The molecule has 2 aromatic carbocycles. The Morgan fingerprint density at radius 2 is 1.86 bits per heavy atom. The molecule has 0 saturated carbocycles. The highest BCUT2D eigenvalue weighted by molar-refractivity contribution is 9.10. The Morgan fingerprint density at radius 3 is 2.62 bits per heavy atom. The molecule has 0 aliphatic carbocycles. The standard InChI is InChI=1S/C17H13BrN2O/c18-12-7-8-16-15(11-12)13-5-1-2-6-14(13)17(21)20(16)10-4-3-9-19/h1-2,5-8,11H,3-4,10H2. The van der Waals surface area contributed by atoms with E-state index < -0.39 is 0 Å². The van der Waals surface area contributed by atoms with Gasteiger partial charge >= 0.3 is 0 Å². The van der Waals surface area contributed by atoms with Gasteiger partial charge < -0.3 is 4.57 Å². The van der Waals surface area contributed by atoms with Gasteiger partial charge in [0, 0.05) is 28.2 Å². The summed E-state index contributed by atoms with van der Waals surface area (Å²) in [6.07, 6.45) is 1.14. The van der Waals surface area contributed by atoms with Gasteiger partial charge in [-0.15, -0.1) is 0 Å². The van der Waals surface area contributed by atoms with Crippen molar-refractivity contribution < 1.29 is 0 Å². The van der Waals surface area contributed by atoms with Gasteiger partial charge in [-0.2, -0.15) is 5.26 Å². The molecule has 0 radical (unpaired) electrons. The maximum atomic E-state index is 12.7. The van der Waals surface area contributed by atoms with Gasteiger partial charge in [0.15, 0.2) is 0 Å². The van der Waals surface area contributed by atoms with Crippen LogP contribution in [0.2, 0.25) is 0 Å². The van der Waals surface area contributed by atoms with Crippen molar-refractivity contribution in [3.63, 3.8) is 0 Å². The summed E-state index contributed by atoms with van der Waals surface area (Å²) in [5.41, 5.74) is 0.929. The van der Waals surface area contributed by atoms with Crippen LogP contribution in [0.5, 0.6) is 0 Å². The molecule has 3 rings (SSSR count). The summed E-state index contributed by atoms with van der Waals surface area (Å²) in [4.78, 5) is 12.7. The molecule has 3 aromatic rings. The van der Waals surface area contributed by atoms with Crippen LogP contribution in [0, 0.1) is 11.3 Å². The summed E-state index contributed by atoms with van der Waals surface area (Å²) in [6, 6.07) is 15.7. The van der Waals surface area contributed by atoms with E-state index in [0.29, 0.717) is 19.4 Å². The zero-order valence-electron chi connectivity index (χ0n) is 11.3. The highest BCUT2D eigenvalue weighted by Gasteiger charge is 2.10. The van der Waals surface area contributed by atoms with Gasteiger partial charge in [-0.25, -0.2) is 0 Å². The van der Waals surface area contributed by atoms with Gasteiger partial charge in [-0.3, -0.25) is 4.79 Å². The quantitative estimate of drug-likeness (QED) is 0.529. The van der Waals surface area contributed by atoms with E-state index in [1.54, 1.807) is 4.57 Å². The third-order valence-electron chi connectivity index (χ3n) is 3.61. The van der Waals surface area contributed by atoms with E-state index in [2.05, 4.69) is 22.0 Å². The van der Waals surface area contributed by atoms with Crippen LogP contribution in [0.4, 0.5) is 0 Å². The van der Waals surface area contributed by atoms with Crippen molar-refractivity contribution in [2.45, 2.75) is 19.4 Å². The Bertz CT molecular complexity index is 922. The normalized spacial score (nSPS) is 10.9. The topological polar surface area (TPSA) is 45.8 Å². The van der Waals surface area contributed by atoms with Crippen LogP contribution in [0.25, 0.3) is 21.7 Å². The minimum absolute atomic E-state index is 0.0124. The van der Waals surface area contributed by atoms with E-state index in [9.17, 15) is 4.79 Å². The molecule has 21 heavy (non-hydrogen) atoms. The van der Waals surface area contributed by atoms with Gasteiger partial charge in [-0.1, -0.05) is 34.1 Å². The van der Waals surface area contributed by atoms with Gasteiger partial charge in [0.25, 0.3) is 5.56 Å². The number of aromatic nitrogens is 1. The Kier molecular flexibility index (Phi) is 3.76. The summed E-state index contributed by atoms with van der Waals surface area (Å²) < 4.78 is 2.77. The molecule has 4 heteroatoms. The predicted molar refractivity (Wildman–Crippen MR) is 88.3 cm³/mol. The smallest absolute Gasteiger partial charge is 0.258 e. The molecular weight excluding hydrogens is 328 g/mol. The molecule has 1 aromatic heterocycles. The Balaban J connectivity index is 2.36. The summed E-state index contributed by atoms with van der Waals surface area (Å²) in [7, 11) is 0. The van der Waals surface area contributed by atoms with Crippen LogP contribution in [0.1, 0.15) is 12.8 Å². The summed E-state index contributed by atoms with van der Waals surface area (Å²) in [5, 5.41) is 11.4. The van der Waals surface area contributed by atoms with E-state index in [0.717, 1.165) is 26.1 Å². The maximum absolute atomic E-state index is 12.7. The number of hydrogen-bond donors (Lipinski definition) is 0. The molecule has 0 aliphatic rings. The number of benzene rings is 2. The van der Waals surface area contributed by atoms with Crippen molar-refractivity contribution >= 4 is 37.6 Å². The zero-order valence-corrected chi connectivity index (χ0v) is 12.9. The summed E-state index contributed by atoms with van der Waals surface area (Å²) in [6.45, 7) is 0.565. The number of pyridine rings is 1. The highest BCUT2D eigenvalue weighted by Crippen LogP contribution is 2.26. The first-order valence-corrected chi connectivity index (χ1v) is 7.59. The van der Waals surface area contributed by atoms with Crippen LogP contribution in [0.15, 0.2) is 51.7 Å². The van der Waals surface area contributed by atoms with Gasteiger partial charge in [-0.05, 0) is 36.1 Å². The Hall–Kier alpha value is -2.12. The van der Waals surface area contributed by atoms with E-state index >= 15 is 0 Å². The van der Waals surface area contributed by atoms with E-state index in [-0.39, 0.29) is 5.56 Å². The van der Waals surface area contributed by atoms with Crippen molar-refractivity contribution in [2.75, 3.05) is 0 Å². The van der Waals surface area contributed by atoms with E-state index in [1.165, 1.54) is 0 Å². The maximum Gasteiger partial charge on any atom is 0.258 e. The molecule has 0 fully saturated rings. The zero-order chi connectivity index (χ0) is 14.8. The average Bonchev–Trinajstić information content (AvgIpc) is 2.51. The SMILES string of the molecule is N#CCCCn1c(=O)c2ccccc2c2cc(Br)ccc21. The van der Waals surface area contributed by atoms with Gasteiger partial charge in [0.2, 0.25) is 0 Å². The first kappa shape index (κ1) is 13.8. The fourth-order valence-corrected chi connectivity index (χ4v) is 3.02. The Labute approximate surface area is 130 Å². The first-order valence-electron chi connectivity index (χ1n) is 6.80. The second-order valence-corrected chi connectivity index (χ2v) is 5.84. The number of halogens is 1. The van der Waals surface area contributed by atoms with E-state index in [4.69, 9.17) is 5.26 Å². The second kappa shape index (κ2) is 5.71. The number of rotatable bonds is 3. The molecule has 1 heterocycles. The predicted octanol–water partition coefficient (Wildman–Crippen LogP) is 4.22. The number of unbranched alkanes of at least 4 members (excludes halogenated alkanes) is 1. The molecule has 3 nitrogen and oxygen atoms in total. The van der Waals surface area contributed by atoms with Crippen LogP contribution in [-0.4, -0.2) is 4.57 Å². The number of hydrogen-bond acceptors (Lipinski definition) is 2. The summed E-state index contributed by atoms with van der Waals surface area (Å²) in [5.74, 6) is 0. The van der Waals surface area contributed by atoms with Crippen molar-refractivity contribution in [3.8, 4) is 6.07 Å². The lowest BCUT2D eigenvalue weighted by Gasteiger charge is -2.12. The molecule has 0 bridgehead atoms. The summed E-state index contributed by atoms with van der Waals surface area (Å²) >= 11 is 3.49. The van der Waals surface area contributed by atoms with Crippen molar-refractivity contribution in [3.05, 3.63) is 57.3 Å². The fourth-order valence-electron chi connectivity index (χ4n) is 2.66. The molecule has 0 amide bonds. The second-order valence-electron chi connectivity index (χ2n) is 4.93.